The number of aromatic nitrogens is 2. The smallest absolute Gasteiger partial charge is 0.416 e. The van der Waals surface area contributed by atoms with Crippen molar-refractivity contribution in [3.63, 3.8) is 0 Å². The molecule has 3 aromatic rings. The lowest BCUT2D eigenvalue weighted by molar-refractivity contribution is -0.139. The molecule has 0 bridgehead atoms. The number of alkyl halides is 3. The Morgan fingerprint density at radius 1 is 1.23 bits per heavy atom. The number of halogens is 3. The molecule has 1 fully saturated rings. The standard InChI is InChI=1S/C22H17F3N2O4/c23-22(24,25)14-4-1-13(2-5-14)19-26-18(27-31-19)11-30-15-6-3-12-7-8-21(16(12)9-15)10-17(21)20(28)29/h1-6,9,17H,7-8,10-11H2,(H,28,29). The van der Waals surface area contributed by atoms with Gasteiger partial charge in [0.15, 0.2) is 6.61 Å². The van der Waals surface area contributed by atoms with Crippen LogP contribution in [0.1, 0.15) is 35.4 Å². The zero-order valence-electron chi connectivity index (χ0n) is 16.1. The summed E-state index contributed by atoms with van der Waals surface area (Å²) in [6.07, 6.45) is -2.06. The number of hydrogen-bond donors (Lipinski definition) is 1. The second-order valence-corrected chi connectivity index (χ2v) is 7.95. The second kappa shape index (κ2) is 6.83. The van der Waals surface area contributed by atoms with E-state index in [0.29, 0.717) is 17.7 Å². The van der Waals surface area contributed by atoms with Gasteiger partial charge in [0.2, 0.25) is 5.82 Å². The van der Waals surface area contributed by atoms with Crippen molar-refractivity contribution in [2.24, 2.45) is 5.92 Å². The number of aliphatic carboxylic acids is 1. The summed E-state index contributed by atoms with van der Waals surface area (Å²) < 4.78 is 49.0. The van der Waals surface area contributed by atoms with Crippen LogP contribution in [0.15, 0.2) is 47.0 Å². The van der Waals surface area contributed by atoms with Gasteiger partial charge in [0.1, 0.15) is 5.75 Å². The molecule has 2 aromatic carbocycles. The predicted octanol–water partition coefficient (Wildman–Crippen LogP) is 4.62. The third kappa shape index (κ3) is 3.43. The van der Waals surface area contributed by atoms with Gasteiger partial charge in [0.25, 0.3) is 5.89 Å². The van der Waals surface area contributed by atoms with Gasteiger partial charge in [-0.05, 0) is 66.8 Å². The molecular weight excluding hydrogens is 413 g/mol. The highest BCUT2D eigenvalue weighted by atomic mass is 19.4. The van der Waals surface area contributed by atoms with Crippen molar-refractivity contribution < 1.29 is 32.3 Å². The average molecular weight is 430 g/mol. The van der Waals surface area contributed by atoms with E-state index in [1.807, 2.05) is 18.2 Å². The zero-order valence-corrected chi connectivity index (χ0v) is 16.1. The molecule has 0 aliphatic heterocycles. The van der Waals surface area contributed by atoms with Gasteiger partial charge in [-0.2, -0.15) is 18.2 Å². The Balaban J connectivity index is 1.28. The van der Waals surface area contributed by atoms with E-state index in [1.165, 1.54) is 12.1 Å². The number of ether oxygens (including phenoxy) is 1. The molecule has 6 nitrogen and oxygen atoms in total. The maximum Gasteiger partial charge on any atom is 0.416 e. The Hall–Kier alpha value is -3.36. The van der Waals surface area contributed by atoms with E-state index < -0.39 is 17.7 Å². The number of carboxylic acids is 1. The molecular formula is C22H17F3N2O4. The van der Waals surface area contributed by atoms with E-state index in [-0.39, 0.29) is 29.7 Å². The minimum absolute atomic E-state index is 0.0122. The molecule has 9 heteroatoms. The number of nitrogens with zero attached hydrogens (tertiary/aromatic N) is 2. The first-order valence-corrected chi connectivity index (χ1v) is 9.75. The number of carboxylic acid groups (broad SMARTS) is 1. The van der Waals surface area contributed by atoms with Gasteiger partial charge >= 0.3 is 12.1 Å². The third-order valence-corrected chi connectivity index (χ3v) is 6.13. The molecule has 5 rings (SSSR count). The first-order valence-electron chi connectivity index (χ1n) is 9.75. The van der Waals surface area contributed by atoms with Crippen molar-refractivity contribution in [1.82, 2.24) is 10.1 Å². The summed E-state index contributed by atoms with van der Waals surface area (Å²) >= 11 is 0. The average Bonchev–Trinajstić information content (AvgIpc) is 3.10. The molecule has 2 aliphatic rings. The van der Waals surface area contributed by atoms with Crippen LogP contribution in [0.3, 0.4) is 0 Å². The fraction of sp³-hybridized carbons (Fsp3) is 0.318. The van der Waals surface area contributed by atoms with Crippen LogP contribution in [0.5, 0.6) is 5.75 Å². The lowest BCUT2D eigenvalue weighted by Gasteiger charge is -2.12. The zero-order chi connectivity index (χ0) is 21.8. The molecule has 1 spiro atoms. The monoisotopic (exact) mass is 430 g/mol. The fourth-order valence-electron chi connectivity index (χ4n) is 4.40. The molecule has 160 valence electrons. The van der Waals surface area contributed by atoms with Crippen molar-refractivity contribution in [1.29, 1.82) is 0 Å². The van der Waals surface area contributed by atoms with Gasteiger partial charge in [-0.3, -0.25) is 4.79 Å². The number of benzene rings is 2. The van der Waals surface area contributed by atoms with E-state index in [0.717, 1.165) is 36.1 Å². The summed E-state index contributed by atoms with van der Waals surface area (Å²) in [7, 11) is 0. The normalized spacial score (nSPS) is 21.8. The van der Waals surface area contributed by atoms with Crippen LogP contribution in [-0.4, -0.2) is 21.2 Å². The highest BCUT2D eigenvalue weighted by molar-refractivity contribution is 5.78. The molecule has 31 heavy (non-hydrogen) atoms. The minimum Gasteiger partial charge on any atom is -0.485 e. The van der Waals surface area contributed by atoms with E-state index in [1.54, 1.807) is 0 Å². The molecule has 2 unspecified atom stereocenters. The molecule has 2 aliphatic carbocycles. The van der Waals surface area contributed by atoms with E-state index >= 15 is 0 Å². The molecule has 0 amide bonds. The van der Waals surface area contributed by atoms with Crippen LogP contribution in [0.4, 0.5) is 13.2 Å². The van der Waals surface area contributed by atoms with E-state index in [4.69, 9.17) is 9.26 Å². The highest BCUT2D eigenvalue weighted by Gasteiger charge is 2.61. The van der Waals surface area contributed by atoms with Crippen molar-refractivity contribution in [2.75, 3.05) is 0 Å². The first kappa shape index (κ1) is 19.6. The summed E-state index contributed by atoms with van der Waals surface area (Å²) in [4.78, 5) is 15.6. The number of rotatable bonds is 5. The van der Waals surface area contributed by atoms with Gasteiger partial charge in [-0.25, -0.2) is 0 Å². The summed E-state index contributed by atoms with van der Waals surface area (Å²) in [6.45, 7) is 0.0122. The number of fused-ring (bicyclic) bond motifs is 2. The summed E-state index contributed by atoms with van der Waals surface area (Å²) in [5.74, 6) is -0.173. The fourth-order valence-corrected chi connectivity index (χ4v) is 4.40. The Labute approximate surface area is 174 Å². The molecule has 1 saturated carbocycles. The molecule has 1 N–H and O–H groups in total. The molecule has 0 radical (unpaired) electrons. The lowest BCUT2D eigenvalue weighted by atomic mass is 9.95. The Morgan fingerprint density at radius 2 is 2.00 bits per heavy atom. The van der Waals surface area contributed by atoms with Gasteiger partial charge < -0.3 is 14.4 Å². The quantitative estimate of drug-likeness (QED) is 0.636. The van der Waals surface area contributed by atoms with Gasteiger partial charge in [-0.1, -0.05) is 11.2 Å². The third-order valence-electron chi connectivity index (χ3n) is 6.13. The molecule has 1 aromatic heterocycles. The summed E-state index contributed by atoms with van der Waals surface area (Å²) in [6, 6.07) is 10.1. The second-order valence-electron chi connectivity index (χ2n) is 7.95. The number of aryl methyl sites for hydroxylation is 1. The van der Waals surface area contributed by atoms with Crippen molar-refractivity contribution >= 4 is 5.97 Å². The molecule has 0 saturated heterocycles. The minimum atomic E-state index is -4.41. The summed E-state index contributed by atoms with van der Waals surface area (Å²) in [5, 5.41) is 13.2. The Morgan fingerprint density at radius 3 is 2.68 bits per heavy atom. The van der Waals surface area contributed by atoms with Crippen molar-refractivity contribution in [3.05, 3.63) is 65.0 Å². The van der Waals surface area contributed by atoms with E-state index in [2.05, 4.69) is 10.1 Å². The first-order chi connectivity index (χ1) is 14.8. The molecule has 1 heterocycles. The molecule has 2 atom stereocenters. The van der Waals surface area contributed by atoms with Crippen LogP contribution in [0.2, 0.25) is 0 Å². The lowest BCUT2D eigenvalue weighted by Crippen LogP contribution is -2.11. The number of hydrogen-bond acceptors (Lipinski definition) is 5. The van der Waals surface area contributed by atoms with Crippen LogP contribution in [-0.2, 0) is 29.4 Å². The van der Waals surface area contributed by atoms with Crippen molar-refractivity contribution in [3.8, 4) is 17.2 Å². The van der Waals surface area contributed by atoms with Crippen LogP contribution < -0.4 is 4.74 Å². The van der Waals surface area contributed by atoms with Gasteiger partial charge in [0, 0.05) is 11.0 Å². The summed E-state index contributed by atoms with van der Waals surface area (Å²) in [5.41, 5.74) is 1.54. The van der Waals surface area contributed by atoms with Crippen LogP contribution in [0, 0.1) is 5.92 Å². The van der Waals surface area contributed by atoms with Gasteiger partial charge in [0.05, 0.1) is 11.5 Å². The van der Waals surface area contributed by atoms with Crippen molar-refractivity contribution in [2.45, 2.75) is 37.5 Å². The van der Waals surface area contributed by atoms with Crippen LogP contribution in [0.25, 0.3) is 11.5 Å². The predicted molar refractivity (Wildman–Crippen MR) is 101 cm³/mol. The Bertz CT molecular complexity index is 1160. The number of carbonyl (C=O) groups is 1. The van der Waals surface area contributed by atoms with E-state index in [9.17, 15) is 23.1 Å². The maximum absolute atomic E-state index is 12.7. The largest absolute Gasteiger partial charge is 0.485 e. The Kier molecular flexibility index (Phi) is 4.32. The van der Waals surface area contributed by atoms with Gasteiger partial charge in [-0.15, -0.1) is 0 Å². The topological polar surface area (TPSA) is 85.5 Å². The van der Waals surface area contributed by atoms with Crippen LogP contribution >= 0.6 is 0 Å². The SMILES string of the molecule is O=C(O)C1CC12CCc1ccc(OCc3noc(-c4ccc(C(F)(F)F)cc4)n3)cc12. The maximum atomic E-state index is 12.7. The highest BCUT2D eigenvalue weighted by Crippen LogP contribution is 2.62.